The lowest BCUT2D eigenvalue weighted by Gasteiger charge is -2.06. The van der Waals surface area contributed by atoms with E-state index in [9.17, 15) is 13.6 Å². The van der Waals surface area contributed by atoms with E-state index < -0.39 is 23.3 Å². The van der Waals surface area contributed by atoms with Crippen LogP contribution >= 0.6 is 0 Å². The third-order valence-corrected chi connectivity index (χ3v) is 1.45. The lowest BCUT2D eigenvalue weighted by atomic mass is 10.2. The number of hydrogen-bond donors (Lipinski definition) is 2. The Morgan fingerprint density at radius 1 is 1.62 bits per heavy atom. The fourth-order valence-corrected chi connectivity index (χ4v) is 0.862. The van der Waals surface area contributed by atoms with Crippen molar-refractivity contribution in [3.8, 4) is 11.6 Å². The summed E-state index contributed by atoms with van der Waals surface area (Å²) < 4.78 is 28.8. The predicted molar refractivity (Wildman–Crippen MR) is 40.2 cm³/mol. The second-order valence-electron chi connectivity index (χ2n) is 2.27. The van der Waals surface area contributed by atoms with Crippen LogP contribution in [0.25, 0.3) is 0 Å². The van der Waals surface area contributed by atoms with Gasteiger partial charge in [-0.25, -0.2) is 8.78 Å². The third-order valence-electron chi connectivity index (χ3n) is 1.45. The maximum atomic E-state index is 12.2. The number of alkyl halides is 2. The molecule has 0 bridgehead atoms. The van der Waals surface area contributed by atoms with Crippen molar-refractivity contribution in [2.75, 3.05) is 7.11 Å². The number of rotatable bonds is 2. The van der Waals surface area contributed by atoms with Gasteiger partial charge in [-0.3, -0.25) is 9.78 Å². The topological polar surface area (TPSA) is 62.3 Å². The molecule has 2 N–H and O–H groups in total. The van der Waals surface area contributed by atoms with Crippen molar-refractivity contribution in [1.29, 1.82) is 0 Å². The molecule has 0 aliphatic heterocycles. The summed E-state index contributed by atoms with van der Waals surface area (Å²) in [5, 5.41) is 9.11. The Hall–Kier alpha value is -1.59. The highest BCUT2D eigenvalue weighted by Gasteiger charge is 2.17. The van der Waals surface area contributed by atoms with Crippen LogP contribution in [0.3, 0.4) is 0 Å². The molecule has 1 aromatic rings. The Balaban J connectivity index is 3.36. The molecule has 1 rings (SSSR count). The number of methoxy groups -OCH3 is 1. The normalized spacial score (nSPS) is 10.5. The van der Waals surface area contributed by atoms with Gasteiger partial charge in [0.15, 0.2) is 5.75 Å². The van der Waals surface area contributed by atoms with Crippen molar-refractivity contribution in [2.45, 2.75) is 6.43 Å². The zero-order chi connectivity index (χ0) is 10.0. The van der Waals surface area contributed by atoms with Crippen molar-refractivity contribution in [1.82, 2.24) is 4.98 Å². The van der Waals surface area contributed by atoms with Crippen LogP contribution < -0.4 is 10.3 Å². The van der Waals surface area contributed by atoms with Crippen LogP contribution in [-0.4, -0.2) is 17.2 Å². The van der Waals surface area contributed by atoms with Gasteiger partial charge in [0.25, 0.3) is 12.0 Å². The predicted octanol–water partition coefficient (Wildman–Crippen LogP) is 1.03. The van der Waals surface area contributed by atoms with Gasteiger partial charge in [0.2, 0.25) is 5.88 Å². The molecule has 72 valence electrons. The van der Waals surface area contributed by atoms with E-state index in [0.717, 1.165) is 7.11 Å². The first-order valence-corrected chi connectivity index (χ1v) is 3.34. The molecule has 0 saturated heterocycles. The summed E-state index contributed by atoms with van der Waals surface area (Å²) in [6, 6.07) is 0.628. The van der Waals surface area contributed by atoms with Gasteiger partial charge in [-0.15, -0.1) is 0 Å². The van der Waals surface area contributed by atoms with Gasteiger partial charge in [-0.1, -0.05) is 0 Å². The van der Waals surface area contributed by atoms with Crippen molar-refractivity contribution in [3.63, 3.8) is 0 Å². The SMILES string of the molecule is COc1[nH]c(=O)cc(C(F)F)c1O. The molecule has 0 aliphatic rings. The van der Waals surface area contributed by atoms with Gasteiger partial charge < -0.3 is 9.84 Å². The number of H-pyrrole nitrogens is 1. The molecule has 0 aromatic carbocycles. The molecule has 1 aromatic heterocycles. The number of halogens is 2. The maximum absolute atomic E-state index is 12.2. The largest absolute Gasteiger partial charge is 0.503 e. The molecule has 0 atom stereocenters. The number of ether oxygens (including phenoxy) is 1. The standard InChI is InChI=1S/C7H7F2NO3/c1-13-7-5(12)3(6(8)9)2-4(11)10-7/h2,6,12H,1H3,(H,10,11). The Morgan fingerprint density at radius 2 is 2.23 bits per heavy atom. The number of pyridine rings is 1. The number of aromatic hydroxyl groups is 1. The van der Waals surface area contributed by atoms with Crippen molar-refractivity contribution in [2.24, 2.45) is 0 Å². The van der Waals surface area contributed by atoms with Gasteiger partial charge in [0, 0.05) is 6.07 Å². The zero-order valence-corrected chi connectivity index (χ0v) is 6.67. The number of aromatic amines is 1. The van der Waals surface area contributed by atoms with Gasteiger partial charge >= 0.3 is 0 Å². The van der Waals surface area contributed by atoms with Crippen LogP contribution in [0.5, 0.6) is 11.6 Å². The molecule has 1 heterocycles. The molecule has 6 heteroatoms. The van der Waals surface area contributed by atoms with Crippen LogP contribution in [0.15, 0.2) is 10.9 Å². The first-order chi connectivity index (χ1) is 6.06. The van der Waals surface area contributed by atoms with Gasteiger partial charge in [-0.05, 0) is 0 Å². The van der Waals surface area contributed by atoms with Crippen LogP contribution in [0.1, 0.15) is 12.0 Å². The zero-order valence-electron chi connectivity index (χ0n) is 6.67. The average Bonchev–Trinajstić information content (AvgIpc) is 2.08. The second-order valence-corrected chi connectivity index (χ2v) is 2.27. The number of hydrogen-bond acceptors (Lipinski definition) is 3. The summed E-state index contributed by atoms with van der Waals surface area (Å²) in [5.41, 5.74) is -1.48. The minimum absolute atomic E-state index is 0.359. The highest BCUT2D eigenvalue weighted by Crippen LogP contribution is 2.32. The van der Waals surface area contributed by atoms with Gasteiger partial charge in [0.1, 0.15) is 0 Å². The summed E-state index contributed by atoms with van der Waals surface area (Å²) in [7, 11) is 1.15. The van der Waals surface area contributed by atoms with Crippen molar-refractivity contribution in [3.05, 3.63) is 22.0 Å². The van der Waals surface area contributed by atoms with E-state index in [2.05, 4.69) is 9.72 Å². The molecule has 4 nitrogen and oxygen atoms in total. The van der Waals surface area contributed by atoms with Crippen molar-refractivity contribution >= 4 is 0 Å². The smallest absolute Gasteiger partial charge is 0.267 e. The van der Waals surface area contributed by atoms with Crippen molar-refractivity contribution < 1.29 is 18.6 Å². The molecule has 0 radical (unpaired) electrons. The lowest BCUT2D eigenvalue weighted by molar-refractivity contribution is 0.146. The molecule has 0 fully saturated rings. The minimum Gasteiger partial charge on any atom is -0.503 e. The maximum Gasteiger partial charge on any atom is 0.267 e. The van der Waals surface area contributed by atoms with E-state index in [1.165, 1.54) is 0 Å². The first kappa shape index (κ1) is 9.50. The Morgan fingerprint density at radius 3 is 2.69 bits per heavy atom. The van der Waals surface area contributed by atoms with Gasteiger partial charge in [0.05, 0.1) is 12.7 Å². The summed E-state index contributed by atoms with van der Waals surface area (Å²) in [4.78, 5) is 12.8. The van der Waals surface area contributed by atoms with E-state index in [0.29, 0.717) is 6.07 Å². The van der Waals surface area contributed by atoms with E-state index in [-0.39, 0.29) is 5.88 Å². The lowest BCUT2D eigenvalue weighted by Crippen LogP contribution is -2.08. The number of aromatic nitrogens is 1. The molecule has 0 spiro atoms. The van der Waals surface area contributed by atoms with E-state index in [1.807, 2.05) is 0 Å². The summed E-state index contributed by atoms with van der Waals surface area (Å²) in [6.45, 7) is 0. The Kier molecular flexibility index (Phi) is 2.50. The molecule has 0 saturated carbocycles. The second kappa shape index (κ2) is 3.42. The van der Waals surface area contributed by atoms with Gasteiger partial charge in [-0.2, -0.15) is 0 Å². The first-order valence-electron chi connectivity index (χ1n) is 3.34. The molecule has 0 aliphatic carbocycles. The van der Waals surface area contributed by atoms with E-state index in [4.69, 9.17) is 5.11 Å². The highest BCUT2D eigenvalue weighted by molar-refractivity contribution is 5.40. The molecular weight excluding hydrogens is 184 g/mol. The summed E-state index contributed by atoms with van der Waals surface area (Å²) in [5.74, 6) is -1.10. The highest BCUT2D eigenvalue weighted by atomic mass is 19.3. The monoisotopic (exact) mass is 191 g/mol. The summed E-state index contributed by atoms with van der Waals surface area (Å²) >= 11 is 0. The number of nitrogens with one attached hydrogen (secondary N) is 1. The fourth-order valence-electron chi connectivity index (χ4n) is 0.862. The van der Waals surface area contributed by atoms with Crippen LogP contribution in [-0.2, 0) is 0 Å². The Bertz CT molecular complexity index is 361. The fraction of sp³-hybridized carbons (Fsp3) is 0.286. The summed E-state index contributed by atoms with van der Waals surface area (Å²) in [6.07, 6.45) is -2.91. The molecular formula is C7H7F2NO3. The Labute approximate surface area is 71.8 Å². The average molecular weight is 191 g/mol. The van der Waals surface area contributed by atoms with Crippen LogP contribution in [0, 0.1) is 0 Å². The van der Waals surface area contributed by atoms with Crippen LogP contribution in [0.2, 0.25) is 0 Å². The van der Waals surface area contributed by atoms with Crippen LogP contribution in [0.4, 0.5) is 8.78 Å². The quantitative estimate of drug-likeness (QED) is 0.733. The molecule has 13 heavy (non-hydrogen) atoms. The minimum atomic E-state index is -2.91. The third kappa shape index (κ3) is 1.77. The molecule has 0 unspecified atom stereocenters. The molecule has 0 amide bonds. The van der Waals surface area contributed by atoms with E-state index >= 15 is 0 Å². The van der Waals surface area contributed by atoms with E-state index in [1.54, 1.807) is 0 Å².